The topological polar surface area (TPSA) is 85.3 Å². The first-order valence-electron chi connectivity index (χ1n) is 8.05. The van der Waals surface area contributed by atoms with Crippen LogP contribution < -0.4 is 14.2 Å². The third kappa shape index (κ3) is 4.19. The summed E-state index contributed by atoms with van der Waals surface area (Å²) in [5, 5.41) is 9.48. The van der Waals surface area contributed by atoms with Gasteiger partial charge in [-0.15, -0.1) is 0 Å². The molecule has 1 aromatic carbocycles. The fourth-order valence-electron chi connectivity index (χ4n) is 2.75. The van der Waals surface area contributed by atoms with Crippen LogP contribution in [0.3, 0.4) is 0 Å². The first-order valence-corrected chi connectivity index (χ1v) is 9.27. The van der Waals surface area contributed by atoms with E-state index >= 15 is 0 Å². The molecule has 2 rings (SSSR count). The molecule has 0 aliphatic carbocycles. The molecule has 1 fully saturated rings. The van der Waals surface area contributed by atoms with Crippen molar-refractivity contribution in [3.8, 4) is 17.2 Å². The van der Waals surface area contributed by atoms with Crippen LogP contribution in [0.4, 0.5) is 0 Å². The SMILES string of the molecule is COc1cc(/C=C2/SC(=S)N([C@@H](C(=O)O)C(C)C)C2=O)cc(OC)c1OC. The van der Waals surface area contributed by atoms with Crippen molar-refractivity contribution in [2.24, 2.45) is 5.92 Å². The summed E-state index contributed by atoms with van der Waals surface area (Å²) in [7, 11) is 4.50. The number of carboxylic acid groups (broad SMARTS) is 1. The van der Waals surface area contributed by atoms with Gasteiger partial charge in [-0.1, -0.05) is 37.8 Å². The second-order valence-electron chi connectivity index (χ2n) is 6.04. The van der Waals surface area contributed by atoms with Gasteiger partial charge in [-0.05, 0) is 29.7 Å². The molecular weight excluding hydrogens is 390 g/mol. The number of thiocarbonyl (C=S) groups is 1. The highest BCUT2D eigenvalue weighted by atomic mass is 32.2. The molecule has 0 aromatic heterocycles. The lowest BCUT2D eigenvalue weighted by molar-refractivity contribution is -0.146. The normalized spacial score (nSPS) is 16.8. The number of rotatable bonds is 7. The van der Waals surface area contributed by atoms with Gasteiger partial charge in [0.2, 0.25) is 5.75 Å². The van der Waals surface area contributed by atoms with Crippen LogP contribution in [0.15, 0.2) is 17.0 Å². The smallest absolute Gasteiger partial charge is 0.327 e. The number of aliphatic carboxylic acids is 1. The zero-order valence-corrected chi connectivity index (χ0v) is 17.3. The number of nitrogens with zero attached hydrogens (tertiary/aromatic N) is 1. The molecular formula is C18H21NO6S2. The minimum atomic E-state index is -1.09. The van der Waals surface area contributed by atoms with Crippen molar-refractivity contribution in [1.29, 1.82) is 0 Å². The minimum Gasteiger partial charge on any atom is -0.493 e. The van der Waals surface area contributed by atoms with Crippen molar-refractivity contribution in [3.05, 3.63) is 22.6 Å². The molecule has 9 heteroatoms. The predicted molar refractivity (Wildman–Crippen MR) is 107 cm³/mol. The number of methoxy groups -OCH3 is 3. The van der Waals surface area contributed by atoms with Crippen molar-refractivity contribution in [2.75, 3.05) is 21.3 Å². The Bertz CT molecular complexity index is 780. The van der Waals surface area contributed by atoms with E-state index in [4.69, 9.17) is 26.4 Å². The minimum absolute atomic E-state index is 0.222. The van der Waals surface area contributed by atoms with Gasteiger partial charge in [0, 0.05) is 0 Å². The number of carboxylic acids is 1. The summed E-state index contributed by atoms with van der Waals surface area (Å²) in [6.07, 6.45) is 1.63. The van der Waals surface area contributed by atoms with Crippen molar-refractivity contribution < 1.29 is 28.9 Å². The molecule has 0 unspecified atom stereocenters. The highest BCUT2D eigenvalue weighted by Gasteiger charge is 2.41. The number of ether oxygens (including phenoxy) is 3. The summed E-state index contributed by atoms with van der Waals surface area (Å²) in [6.45, 7) is 3.47. The Morgan fingerprint density at radius 3 is 2.15 bits per heavy atom. The monoisotopic (exact) mass is 411 g/mol. The highest BCUT2D eigenvalue weighted by Crippen LogP contribution is 2.41. The molecule has 1 aliphatic rings. The molecule has 1 atom stereocenters. The van der Waals surface area contributed by atoms with E-state index < -0.39 is 17.9 Å². The van der Waals surface area contributed by atoms with E-state index in [0.29, 0.717) is 27.7 Å². The zero-order valence-electron chi connectivity index (χ0n) is 15.6. The van der Waals surface area contributed by atoms with Gasteiger partial charge < -0.3 is 19.3 Å². The van der Waals surface area contributed by atoms with Gasteiger partial charge in [0.25, 0.3) is 5.91 Å². The van der Waals surface area contributed by atoms with Crippen LogP contribution in [0.1, 0.15) is 19.4 Å². The molecule has 27 heavy (non-hydrogen) atoms. The Hall–Kier alpha value is -2.26. The summed E-state index contributed by atoms with van der Waals surface area (Å²) in [6, 6.07) is 2.39. The quantitative estimate of drug-likeness (QED) is 0.541. The Morgan fingerprint density at radius 1 is 1.19 bits per heavy atom. The molecule has 1 N–H and O–H groups in total. The van der Waals surface area contributed by atoms with Crippen LogP contribution in [-0.2, 0) is 9.59 Å². The first kappa shape index (κ1) is 21.0. The van der Waals surface area contributed by atoms with Gasteiger partial charge >= 0.3 is 5.97 Å². The van der Waals surface area contributed by atoms with E-state index in [-0.39, 0.29) is 10.2 Å². The van der Waals surface area contributed by atoms with Crippen molar-refractivity contribution in [2.45, 2.75) is 19.9 Å². The van der Waals surface area contributed by atoms with Crippen LogP contribution in [-0.4, -0.2) is 53.6 Å². The third-order valence-corrected chi connectivity index (χ3v) is 5.30. The van der Waals surface area contributed by atoms with Crippen LogP contribution in [0, 0.1) is 5.92 Å². The number of thioether (sulfide) groups is 1. The summed E-state index contributed by atoms with van der Waals surface area (Å²) < 4.78 is 16.1. The molecule has 1 heterocycles. The average molecular weight is 412 g/mol. The Kier molecular flexibility index (Phi) is 6.72. The van der Waals surface area contributed by atoms with Crippen LogP contribution in [0.5, 0.6) is 17.2 Å². The number of carbonyl (C=O) groups excluding carboxylic acids is 1. The van der Waals surface area contributed by atoms with Crippen molar-refractivity contribution >= 4 is 46.3 Å². The summed E-state index contributed by atoms with van der Waals surface area (Å²) in [5.74, 6) is -0.468. The average Bonchev–Trinajstić information content (AvgIpc) is 2.88. The summed E-state index contributed by atoms with van der Waals surface area (Å²) in [5.41, 5.74) is 0.640. The third-order valence-electron chi connectivity index (χ3n) is 3.97. The lowest BCUT2D eigenvalue weighted by atomic mass is 10.0. The maximum absolute atomic E-state index is 12.8. The summed E-state index contributed by atoms with van der Waals surface area (Å²) >= 11 is 6.33. The van der Waals surface area contributed by atoms with E-state index in [2.05, 4.69) is 0 Å². The lowest BCUT2D eigenvalue weighted by Crippen LogP contribution is -2.47. The molecule has 0 radical (unpaired) electrons. The van der Waals surface area contributed by atoms with E-state index in [0.717, 1.165) is 16.7 Å². The molecule has 1 saturated heterocycles. The lowest BCUT2D eigenvalue weighted by Gasteiger charge is -2.26. The largest absolute Gasteiger partial charge is 0.493 e. The zero-order chi connectivity index (χ0) is 20.3. The molecule has 1 aliphatic heterocycles. The first-order chi connectivity index (χ1) is 12.7. The number of hydrogen-bond donors (Lipinski definition) is 1. The van der Waals surface area contributed by atoms with Crippen molar-refractivity contribution in [3.63, 3.8) is 0 Å². The number of carbonyl (C=O) groups is 2. The van der Waals surface area contributed by atoms with E-state index in [9.17, 15) is 14.7 Å². The number of amides is 1. The molecule has 1 amide bonds. The van der Waals surface area contributed by atoms with Gasteiger partial charge in [0.1, 0.15) is 10.4 Å². The highest BCUT2D eigenvalue weighted by molar-refractivity contribution is 8.26. The molecule has 0 saturated carbocycles. The standard InChI is InChI=1S/C18H21NO6S2/c1-9(2)14(17(21)22)19-16(20)13(27-18(19)26)8-10-6-11(23-3)15(25-5)12(7-10)24-4/h6-9,14H,1-5H3,(H,21,22)/b13-8+/t14-/m1/s1. The van der Waals surface area contributed by atoms with Gasteiger partial charge in [0.15, 0.2) is 11.5 Å². The van der Waals surface area contributed by atoms with Gasteiger partial charge in [0.05, 0.1) is 26.2 Å². The predicted octanol–water partition coefficient (Wildman–Crippen LogP) is 3.02. The van der Waals surface area contributed by atoms with Gasteiger partial charge in [-0.3, -0.25) is 9.69 Å². The molecule has 0 spiro atoms. The van der Waals surface area contributed by atoms with E-state index in [1.165, 1.54) is 21.3 Å². The fourth-order valence-corrected chi connectivity index (χ4v) is 4.08. The van der Waals surface area contributed by atoms with Gasteiger partial charge in [-0.25, -0.2) is 4.79 Å². The van der Waals surface area contributed by atoms with Crippen LogP contribution in [0.25, 0.3) is 6.08 Å². The molecule has 0 bridgehead atoms. The second kappa shape index (κ2) is 8.62. The maximum Gasteiger partial charge on any atom is 0.327 e. The number of hydrogen-bond acceptors (Lipinski definition) is 7. The van der Waals surface area contributed by atoms with E-state index in [1.54, 1.807) is 32.1 Å². The van der Waals surface area contributed by atoms with Crippen LogP contribution in [0.2, 0.25) is 0 Å². The Morgan fingerprint density at radius 2 is 1.74 bits per heavy atom. The maximum atomic E-state index is 12.8. The summed E-state index contributed by atoms with van der Waals surface area (Å²) in [4.78, 5) is 25.9. The second-order valence-corrected chi connectivity index (χ2v) is 7.71. The molecule has 1 aromatic rings. The van der Waals surface area contributed by atoms with Gasteiger partial charge in [-0.2, -0.15) is 0 Å². The Balaban J connectivity index is 2.45. The van der Waals surface area contributed by atoms with Crippen molar-refractivity contribution in [1.82, 2.24) is 4.90 Å². The number of benzene rings is 1. The fraction of sp³-hybridized carbons (Fsp3) is 0.389. The molecule has 7 nitrogen and oxygen atoms in total. The van der Waals surface area contributed by atoms with Crippen LogP contribution >= 0.6 is 24.0 Å². The van der Waals surface area contributed by atoms with E-state index in [1.807, 2.05) is 0 Å². The molecule has 146 valence electrons. The Labute approximate surface area is 167 Å².